The van der Waals surface area contributed by atoms with Gasteiger partial charge in [-0.05, 0) is 26.7 Å². The molecule has 1 unspecified atom stereocenters. The summed E-state index contributed by atoms with van der Waals surface area (Å²) in [6.45, 7) is 19.8. The summed E-state index contributed by atoms with van der Waals surface area (Å²) < 4.78 is 54.5. The molecule has 12 nitrogen and oxygen atoms in total. The van der Waals surface area contributed by atoms with Crippen molar-refractivity contribution in [2.24, 2.45) is 5.92 Å². The second kappa shape index (κ2) is 29.0. The van der Waals surface area contributed by atoms with E-state index in [9.17, 15) is 4.79 Å². The molecule has 0 saturated heterocycles. The zero-order valence-corrected chi connectivity index (χ0v) is 26.7. The van der Waals surface area contributed by atoms with Crippen LogP contribution >= 0.6 is 0 Å². The highest BCUT2D eigenvalue weighted by molar-refractivity contribution is 5.67. The van der Waals surface area contributed by atoms with E-state index in [0.29, 0.717) is 125 Å². The van der Waals surface area contributed by atoms with Crippen LogP contribution in [0.25, 0.3) is 0 Å². The van der Waals surface area contributed by atoms with Gasteiger partial charge in [0.05, 0.1) is 112 Å². The summed E-state index contributed by atoms with van der Waals surface area (Å²) in [7, 11) is 1.68. The molecular formula is C29H59NO11. The Bertz CT molecular complexity index is 563. The van der Waals surface area contributed by atoms with Crippen molar-refractivity contribution in [3.8, 4) is 0 Å². The molecule has 1 atom stereocenters. The van der Waals surface area contributed by atoms with Crippen molar-refractivity contribution in [1.29, 1.82) is 0 Å². The van der Waals surface area contributed by atoms with Crippen molar-refractivity contribution in [3.63, 3.8) is 0 Å². The minimum absolute atomic E-state index is 0.360. The SMILES string of the molecule is CCC(C)COCCOCCOCCOCCOCCOCCOCCOCCOCCN(C)C(=O)OC(C)(C)C. The Balaban J connectivity index is 3.17. The van der Waals surface area contributed by atoms with Crippen molar-refractivity contribution in [2.75, 3.05) is 133 Å². The van der Waals surface area contributed by atoms with Crippen molar-refractivity contribution < 1.29 is 52.2 Å². The Labute approximate surface area is 248 Å². The monoisotopic (exact) mass is 597 g/mol. The number of hydrogen-bond donors (Lipinski definition) is 0. The zero-order chi connectivity index (χ0) is 30.4. The van der Waals surface area contributed by atoms with Crippen LogP contribution in [-0.4, -0.2) is 149 Å². The Hall–Kier alpha value is -1.09. The van der Waals surface area contributed by atoms with E-state index in [1.165, 1.54) is 4.90 Å². The molecule has 0 spiro atoms. The number of nitrogens with zero attached hydrogens (tertiary/aromatic N) is 1. The fraction of sp³-hybridized carbons (Fsp3) is 0.966. The van der Waals surface area contributed by atoms with Gasteiger partial charge >= 0.3 is 6.09 Å². The maximum Gasteiger partial charge on any atom is 0.410 e. The zero-order valence-electron chi connectivity index (χ0n) is 26.7. The normalized spacial score (nSPS) is 12.5. The van der Waals surface area contributed by atoms with Gasteiger partial charge in [-0.1, -0.05) is 20.3 Å². The molecule has 0 aliphatic carbocycles. The number of ether oxygens (including phenoxy) is 10. The van der Waals surface area contributed by atoms with E-state index in [1.807, 2.05) is 20.8 Å². The quantitative estimate of drug-likeness (QED) is 0.114. The van der Waals surface area contributed by atoms with E-state index in [0.717, 1.165) is 13.0 Å². The third-order valence-corrected chi connectivity index (χ3v) is 5.35. The highest BCUT2D eigenvalue weighted by Gasteiger charge is 2.19. The van der Waals surface area contributed by atoms with Crippen LogP contribution in [0, 0.1) is 5.92 Å². The average molecular weight is 598 g/mol. The molecule has 246 valence electrons. The lowest BCUT2D eigenvalue weighted by molar-refractivity contribution is -0.0258. The molecule has 0 rings (SSSR count). The molecule has 0 radical (unpaired) electrons. The van der Waals surface area contributed by atoms with Crippen LogP contribution < -0.4 is 0 Å². The molecule has 0 fully saturated rings. The molecular weight excluding hydrogens is 538 g/mol. The van der Waals surface area contributed by atoms with E-state index in [4.69, 9.17) is 47.4 Å². The second-order valence-electron chi connectivity index (χ2n) is 10.4. The molecule has 0 heterocycles. The maximum absolute atomic E-state index is 11.8. The van der Waals surface area contributed by atoms with Gasteiger partial charge in [0.2, 0.25) is 0 Å². The number of carbonyl (C=O) groups is 1. The maximum atomic E-state index is 11.8. The topological polar surface area (TPSA) is 113 Å². The summed E-state index contributed by atoms with van der Waals surface area (Å²) in [5, 5.41) is 0. The van der Waals surface area contributed by atoms with Gasteiger partial charge in [0.1, 0.15) is 5.60 Å². The molecule has 12 heteroatoms. The molecule has 0 aliphatic heterocycles. The van der Waals surface area contributed by atoms with Gasteiger partial charge in [-0.25, -0.2) is 4.79 Å². The summed E-state index contributed by atoms with van der Waals surface area (Å²) in [5.74, 6) is 0.596. The minimum Gasteiger partial charge on any atom is -0.444 e. The third kappa shape index (κ3) is 31.7. The molecule has 1 amide bonds. The van der Waals surface area contributed by atoms with E-state index >= 15 is 0 Å². The minimum atomic E-state index is -0.505. The fourth-order valence-corrected chi connectivity index (χ4v) is 2.79. The molecule has 0 aromatic heterocycles. The van der Waals surface area contributed by atoms with Crippen LogP contribution in [0.5, 0.6) is 0 Å². The van der Waals surface area contributed by atoms with Gasteiger partial charge in [0.25, 0.3) is 0 Å². The van der Waals surface area contributed by atoms with Gasteiger partial charge in [0.15, 0.2) is 0 Å². The molecule has 0 N–H and O–H groups in total. The van der Waals surface area contributed by atoms with E-state index in [-0.39, 0.29) is 6.09 Å². The fourth-order valence-electron chi connectivity index (χ4n) is 2.79. The van der Waals surface area contributed by atoms with E-state index in [1.54, 1.807) is 7.05 Å². The lowest BCUT2D eigenvalue weighted by Gasteiger charge is -2.24. The highest BCUT2D eigenvalue weighted by atomic mass is 16.6. The highest BCUT2D eigenvalue weighted by Crippen LogP contribution is 2.08. The number of carbonyl (C=O) groups excluding carboxylic acids is 1. The lowest BCUT2D eigenvalue weighted by Crippen LogP contribution is -2.36. The third-order valence-electron chi connectivity index (χ3n) is 5.35. The summed E-state index contributed by atoms with van der Waals surface area (Å²) in [6, 6.07) is 0. The van der Waals surface area contributed by atoms with Crippen LogP contribution in [0.4, 0.5) is 4.79 Å². The van der Waals surface area contributed by atoms with Crippen LogP contribution in [0.3, 0.4) is 0 Å². The lowest BCUT2D eigenvalue weighted by atomic mass is 10.1. The molecule has 41 heavy (non-hydrogen) atoms. The van der Waals surface area contributed by atoms with Crippen molar-refractivity contribution in [2.45, 2.75) is 46.6 Å². The number of amides is 1. The first-order valence-electron chi connectivity index (χ1n) is 14.9. The first-order valence-corrected chi connectivity index (χ1v) is 14.9. The molecule has 0 saturated carbocycles. The van der Waals surface area contributed by atoms with Crippen molar-refractivity contribution >= 4 is 6.09 Å². The molecule has 0 aromatic carbocycles. The van der Waals surface area contributed by atoms with Crippen molar-refractivity contribution in [3.05, 3.63) is 0 Å². The van der Waals surface area contributed by atoms with Gasteiger partial charge in [0, 0.05) is 20.2 Å². The molecule has 0 aliphatic rings. The first kappa shape index (κ1) is 39.9. The van der Waals surface area contributed by atoms with Crippen LogP contribution in [-0.2, 0) is 47.4 Å². The smallest absolute Gasteiger partial charge is 0.410 e. The predicted octanol–water partition coefficient (Wildman–Crippen LogP) is 3.05. The van der Waals surface area contributed by atoms with E-state index in [2.05, 4.69) is 13.8 Å². The second-order valence-corrected chi connectivity index (χ2v) is 10.4. The summed E-state index contributed by atoms with van der Waals surface area (Å²) in [4.78, 5) is 13.3. The first-order chi connectivity index (χ1) is 19.8. The number of hydrogen-bond acceptors (Lipinski definition) is 11. The average Bonchev–Trinajstić information content (AvgIpc) is 2.93. The van der Waals surface area contributed by atoms with Gasteiger partial charge in [-0.15, -0.1) is 0 Å². The number of likely N-dealkylation sites (N-methyl/N-ethyl adjacent to an activating group) is 1. The van der Waals surface area contributed by atoms with E-state index < -0.39 is 5.60 Å². The van der Waals surface area contributed by atoms with Gasteiger partial charge in [-0.2, -0.15) is 0 Å². The summed E-state index contributed by atoms with van der Waals surface area (Å²) >= 11 is 0. The predicted molar refractivity (Wildman–Crippen MR) is 156 cm³/mol. The Kier molecular flexibility index (Phi) is 28.2. The summed E-state index contributed by atoms with van der Waals surface area (Å²) in [6.07, 6.45) is 0.771. The largest absolute Gasteiger partial charge is 0.444 e. The Morgan fingerprint density at radius 1 is 0.561 bits per heavy atom. The van der Waals surface area contributed by atoms with Crippen LogP contribution in [0.15, 0.2) is 0 Å². The Morgan fingerprint density at radius 3 is 1.15 bits per heavy atom. The molecule has 0 aromatic rings. The number of rotatable bonds is 30. The van der Waals surface area contributed by atoms with Gasteiger partial charge in [-0.3, -0.25) is 0 Å². The Morgan fingerprint density at radius 2 is 0.854 bits per heavy atom. The van der Waals surface area contributed by atoms with Crippen LogP contribution in [0.1, 0.15) is 41.0 Å². The van der Waals surface area contributed by atoms with Gasteiger partial charge < -0.3 is 52.3 Å². The van der Waals surface area contributed by atoms with Crippen LogP contribution in [0.2, 0.25) is 0 Å². The molecule has 0 bridgehead atoms. The van der Waals surface area contributed by atoms with Crippen molar-refractivity contribution in [1.82, 2.24) is 4.90 Å². The summed E-state index contributed by atoms with van der Waals surface area (Å²) in [5.41, 5.74) is -0.505. The standard InChI is InChI=1S/C29H59NO11/c1-7-27(2)26-40-25-24-39-23-22-38-21-20-37-19-18-36-17-16-35-15-14-34-13-12-33-11-10-32-9-8-30(6)28(31)41-29(3,4)5/h27H,7-26H2,1-6H3.